The van der Waals surface area contributed by atoms with Crippen molar-refractivity contribution in [2.45, 2.75) is 43.8 Å². The van der Waals surface area contributed by atoms with E-state index >= 15 is 0 Å². The second kappa shape index (κ2) is 4.82. The third kappa shape index (κ3) is 2.41. The smallest absolute Gasteiger partial charge is 0.137 e. The fourth-order valence-corrected chi connectivity index (χ4v) is 3.10. The van der Waals surface area contributed by atoms with Gasteiger partial charge in [0.15, 0.2) is 0 Å². The minimum Gasteiger partial charge on any atom is -0.490 e. The first-order valence-corrected chi connectivity index (χ1v) is 7.22. The van der Waals surface area contributed by atoms with Crippen LogP contribution in [0.2, 0.25) is 0 Å². The molecular formula is C14H16BrFO2. The van der Waals surface area contributed by atoms with Crippen molar-refractivity contribution in [3.05, 3.63) is 28.5 Å². The summed E-state index contributed by atoms with van der Waals surface area (Å²) in [6.45, 7) is 0.771. The van der Waals surface area contributed by atoms with Crippen LogP contribution < -0.4 is 4.74 Å². The number of hydrogen-bond acceptors (Lipinski definition) is 2. The van der Waals surface area contributed by atoms with Crippen molar-refractivity contribution in [3.63, 3.8) is 0 Å². The Labute approximate surface area is 115 Å². The highest BCUT2D eigenvalue weighted by atomic mass is 79.9. The molecule has 1 aliphatic carbocycles. The van der Waals surface area contributed by atoms with E-state index in [4.69, 9.17) is 9.47 Å². The van der Waals surface area contributed by atoms with Gasteiger partial charge in [0, 0.05) is 12.8 Å². The third-order valence-corrected chi connectivity index (χ3v) is 4.51. The highest BCUT2D eigenvalue weighted by Crippen LogP contribution is 2.43. The number of benzene rings is 1. The van der Waals surface area contributed by atoms with Gasteiger partial charge in [-0.05, 0) is 53.4 Å². The normalized spacial score (nSPS) is 25.8. The molecular weight excluding hydrogens is 299 g/mol. The first-order valence-electron chi connectivity index (χ1n) is 6.43. The maximum atomic E-state index is 13.1. The van der Waals surface area contributed by atoms with Crippen molar-refractivity contribution < 1.29 is 13.9 Å². The Kier molecular flexibility index (Phi) is 3.32. The van der Waals surface area contributed by atoms with E-state index in [9.17, 15) is 4.39 Å². The molecule has 4 heteroatoms. The molecule has 1 spiro atoms. The highest BCUT2D eigenvalue weighted by Gasteiger charge is 2.43. The first kappa shape index (κ1) is 12.4. The predicted octanol–water partition coefficient (Wildman–Crippen LogP) is 4.07. The van der Waals surface area contributed by atoms with Gasteiger partial charge in [-0.2, -0.15) is 0 Å². The SMILES string of the molecule is Fc1ccc(OC2CCOC3(CCC3)C2)cc1Br. The molecule has 98 valence electrons. The summed E-state index contributed by atoms with van der Waals surface area (Å²) in [6, 6.07) is 4.80. The van der Waals surface area contributed by atoms with Crippen molar-refractivity contribution in [3.8, 4) is 5.75 Å². The Morgan fingerprint density at radius 3 is 2.89 bits per heavy atom. The van der Waals surface area contributed by atoms with Crippen molar-refractivity contribution >= 4 is 15.9 Å². The number of halogens is 2. The van der Waals surface area contributed by atoms with Crippen LogP contribution in [-0.2, 0) is 4.74 Å². The minimum atomic E-state index is -0.259. The number of hydrogen-bond donors (Lipinski definition) is 0. The average Bonchev–Trinajstić information content (AvgIpc) is 2.32. The van der Waals surface area contributed by atoms with Gasteiger partial charge in [-0.25, -0.2) is 4.39 Å². The Morgan fingerprint density at radius 2 is 2.22 bits per heavy atom. The van der Waals surface area contributed by atoms with E-state index in [2.05, 4.69) is 15.9 Å². The lowest BCUT2D eigenvalue weighted by Crippen LogP contribution is -2.48. The fraction of sp³-hybridized carbons (Fsp3) is 0.571. The van der Waals surface area contributed by atoms with Crippen LogP contribution in [0.3, 0.4) is 0 Å². The Bertz CT molecular complexity index is 445. The largest absolute Gasteiger partial charge is 0.490 e. The second-order valence-electron chi connectivity index (χ2n) is 5.19. The lowest BCUT2D eigenvalue weighted by Gasteiger charge is -2.46. The molecule has 1 aliphatic heterocycles. The molecule has 2 aliphatic rings. The standard InChI is InChI=1S/C14H16BrFO2/c15-12-8-10(2-3-13(12)16)18-11-4-7-17-14(9-11)5-1-6-14/h2-3,8,11H,1,4-7,9H2. The third-order valence-electron chi connectivity index (χ3n) is 3.91. The van der Waals surface area contributed by atoms with Crippen molar-refractivity contribution in [2.24, 2.45) is 0 Å². The minimum absolute atomic E-state index is 0.0835. The number of rotatable bonds is 2. The molecule has 3 rings (SSSR count). The van der Waals surface area contributed by atoms with E-state index in [1.807, 2.05) is 0 Å². The Morgan fingerprint density at radius 1 is 1.39 bits per heavy atom. The molecule has 1 saturated heterocycles. The van der Waals surface area contributed by atoms with Crippen LogP contribution in [-0.4, -0.2) is 18.3 Å². The van der Waals surface area contributed by atoms with E-state index in [0.717, 1.165) is 38.0 Å². The lowest BCUT2D eigenvalue weighted by atomic mass is 9.74. The molecule has 1 heterocycles. The second-order valence-corrected chi connectivity index (χ2v) is 6.05. The molecule has 2 fully saturated rings. The van der Waals surface area contributed by atoms with Gasteiger partial charge in [0.05, 0.1) is 16.7 Å². The molecule has 1 saturated carbocycles. The topological polar surface area (TPSA) is 18.5 Å². The molecule has 0 N–H and O–H groups in total. The van der Waals surface area contributed by atoms with Crippen LogP contribution in [0.5, 0.6) is 5.75 Å². The van der Waals surface area contributed by atoms with Crippen LogP contribution in [0.4, 0.5) is 4.39 Å². The zero-order chi connectivity index (χ0) is 12.6. The number of ether oxygens (including phenoxy) is 2. The van der Waals surface area contributed by atoms with Gasteiger partial charge >= 0.3 is 0 Å². The molecule has 0 amide bonds. The maximum absolute atomic E-state index is 13.1. The van der Waals surface area contributed by atoms with Crippen LogP contribution in [0, 0.1) is 5.82 Å². The maximum Gasteiger partial charge on any atom is 0.137 e. The molecule has 1 aromatic carbocycles. The molecule has 1 aromatic rings. The summed E-state index contributed by atoms with van der Waals surface area (Å²) >= 11 is 3.18. The van der Waals surface area contributed by atoms with Gasteiger partial charge in [0.2, 0.25) is 0 Å². The predicted molar refractivity (Wildman–Crippen MR) is 70.3 cm³/mol. The van der Waals surface area contributed by atoms with E-state index < -0.39 is 0 Å². The summed E-state index contributed by atoms with van der Waals surface area (Å²) in [5.74, 6) is 0.467. The van der Waals surface area contributed by atoms with E-state index in [1.165, 1.54) is 12.5 Å². The Balaban J connectivity index is 1.66. The highest BCUT2D eigenvalue weighted by molar-refractivity contribution is 9.10. The van der Waals surface area contributed by atoms with Gasteiger partial charge in [0.25, 0.3) is 0 Å². The van der Waals surface area contributed by atoms with Crippen molar-refractivity contribution in [1.29, 1.82) is 0 Å². The molecule has 1 atom stereocenters. The molecule has 0 bridgehead atoms. The summed E-state index contributed by atoms with van der Waals surface area (Å²) in [5.41, 5.74) is 0.0835. The summed E-state index contributed by atoms with van der Waals surface area (Å²) in [4.78, 5) is 0. The fourth-order valence-electron chi connectivity index (χ4n) is 2.75. The Hall–Kier alpha value is -0.610. The summed E-state index contributed by atoms with van der Waals surface area (Å²) in [5, 5.41) is 0. The molecule has 0 radical (unpaired) electrons. The van der Waals surface area contributed by atoms with Gasteiger partial charge in [-0.15, -0.1) is 0 Å². The zero-order valence-corrected chi connectivity index (χ0v) is 11.7. The van der Waals surface area contributed by atoms with Crippen molar-refractivity contribution in [2.75, 3.05) is 6.61 Å². The lowest BCUT2D eigenvalue weighted by molar-refractivity contribution is -0.153. The van der Waals surface area contributed by atoms with Crippen LogP contribution in [0.15, 0.2) is 22.7 Å². The molecule has 18 heavy (non-hydrogen) atoms. The van der Waals surface area contributed by atoms with Gasteiger partial charge in [-0.3, -0.25) is 0 Å². The van der Waals surface area contributed by atoms with Gasteiger partial charge in [-0.1, -0.05) is 0 Å². The van der Waals surface area contributed by atoms with Gasteiger partial charge < -0.3 is 9.47 Å². The summed E-state index contributed by atoms with van der Waals surface area (Å²) < 4.78 is 25.4. The van der Waals surface area contributed by atoms with E-state index in [1.54, 1.807) is 12.1 Å². The van der Waals surface area contributed by atoms with E-state index in [0.29, 0.717) is 4.47 Å². The zero-order valence-electron chi connectivity index (χ0n) is 10.1. The molecule has 2 nitrogen and oxygen atoms in total. The van der Waals surface area contributed by atoms with E-state index in [-0.39, 0.29) is 17.5 Å². The van der Waals surface area contributed by atoms with Crippen LogP contribution >= 0.6 is 15.9 Å². The first-order chi connectivity index (χ1) is 8.67. The monoisotopic (exact) mass is 314 g/mol. The summed E-state index contributed by atoms with van der Waals surface area (Å²) in [7, 11) is 0. The van der Waals surface area contributed by atoms with Gasteiger partial charge in [0.1, 0.15) is 17.7 Å². The van der Waals surface area contributed by atoms with Crippen LogP contribution in [0.25, 0.3) is 0 Å². The van der Waals surface area contributed by atoms with Crippen molar-refractivity contribution in [1.82, 2.24) is 0 Å². The summed E-state index contributed by atoms with van der Waals surface area (Å²) in [6.07, 6.45) is 5.63. The molecule has 0 aromatic heterocycles. The van der Waals surface area contributed by atoms with Crippen LogP contribution in [0.1, 0.15) is 32.1 Å². The molecule has 1 unspecified atom stereocenters. The quantitative estimate of drug-likeness (QED) is 0.819. The average molecular weight is 315 g/mol.